The van der Waals surface area contributed by atoms with Crippen LogP contribution in [0.25, 0.3) is 11.0 Å². The van der Waals surface area contributed by atoms with Crippen molar-refractivity contribution >= 4 is 28.3 Å². The summed E-state index contributed by atoms with van der Waals surface area (Å²) in [6, 6.07) is 6.01. The molecular weight excluding hydrogens is 174 g/mol. The van der Waals surface area contributed by atoms with Gasteiger partial charge in [0.25, 0.3) is 0 Å². The van der Waals surface area contributed by atoms with Gasteiger partial charge in [-0.2, -0.15) is 0 Å². The van der Waals surface area contributed by atoms with Crippen LogP contribution in [0.3, 0.4) is 0 Å². The normalized spacial score (nSPS) is 10.8. The number of alkyl halides is 1. The number of nitrogen functional groups attached to an aromatic ring is 1. The number of fused-ring (bicyclic) bond motifs is 1. The molecule has 0 atom stereocenters. The summed E-state index contributed by atoms with van der Waals surface area (Å²) < 4.78 is 1.86. The van der Waals surface area contributed by atoms with Crippen LogP contribution >= 0.6 is 11.6 Å². The van der Waals surface area contributed by atoms with Gasteiger partial charge >= 0.3 is 0 Å². The predicted molar refractivity (Wildman–Crippen MR) is 50.0 cm³/mol. The average Bonchev–Trinajstić information content (AvgIpc) is 2.46. The van der Waals surface area contributed by atoms with Gasteiger partial charge in [-0.3, -0.25) is 0 Å². The Bertz CT molecular complexity index is 408. The molecule has 1 heterocycles. The molecule has 0 fully saturated rings. The van der Waals surface area contributed by atoms with Gasteiger partial charge in [0.2, 0.25) is 0 Å². The Morgan fingerprint density at radius 3 is 3.08 bits per heavy atom. The highest BCUT2D eigenvalue weighted by Crippen LogP contribution is 2.16. The molecule has 0 aliphatic rings. The zero-order valence-corrected chi connectivity index (χ0v) is 7.12. The van der Waals surface area contributed by atoms with Crippen molar-refractivity contribution in [3.05, 3.63) is 24.5 Å². The van der Waals surface area contributed by atoms with Crippen molar-refractivity contribution in [2.24, 2.45) is 0 Å². The second kappa shape index (κ2) is 2.68. The molecule has 1 aromatic heterocycles. The van der Waals surface area contributed by atoms with Gasteiger partial charge in [-0.25, -0.2) is 4.98 Å². The monoisotopic (exact) mass is 181 g/mol. The number of hydrogen-bond donors (Lipinski definition) is 1. The van der Waals surface area contributed by atoms with E-state index in [1.807, 2.05) is 22.8 Å². The van der Waals surface area contributed by atoms with E-state index in [2.05, 4.69) is 4.98 Å². The third-order valence-electron chi connectivity index (χ3n) is 1.77. The first-order valence-corrected chi connectivity index (χ1v) is 4.11. The molecule has 0 bridgehead atoms. The molecule has 3 nitrogen and oxygen atoms in total. The van der Waals surface area contributed by atoms with E-state index in [0.717, 1.165) is 16.7 Å². The highest BCUT2D eigenvalue weighted by molar-refractivity contribution is 6.15. The second-order valence-corrected chi connectivity index (χ2v) is 2.82. The van der Waals surface area contributed by atoms with E-state index >= 15 is 0 Å². The van der Waals surface area contributed by atoms with E-state index in [-0.39, 0.29) is 0 Å². The Morgan fingerprint density at radius 2 is 2.33 bits per heavy atom. The van der Waals surface area contributed by atoms with Gasteiger partial charge in [0.05, 0.1) is 23.4 Å². The number of rotatable bonds is 1. The minimum atomic E-state index is 0.417. The molecule has 0 spiro atoms. The van der Waals surface area contributed by atoms with E-state index in [9.17, 15) is 0 Å². The van der Waals surface area contributed by atoms with Crippen molar-refractivity contribution in [1.82, 2.24) is 9.55 Å². The molecule has 4 heteroatoms. The first-order chi connectivity index (χ1) is 5.81. The maximum Gasteiger partial charge on any atom is 0.0986 e. The minimum absolute atomic E-state index is 0.417. The number of benzene rings is 1. The molecule has 1 aromatic carbocycles. The molecule has 0 aliphatic carbocycles. The fourth-order valence-corrected chi connectivity index (χ4v) is 1.37. The molecule has 2 N–H and O–H groups in total. The Kier molecular flexibility index (Phi) is 1.66. The van der Waals surface area contributed by atoms with Gasteiger partial charge in [-0.1, -0.05) is 0 Å². The molecule has 2 aromatic rings. The topological polar surface area (TPSA) is 43.8 Å². The van der Waals surface area contributed by atoms with Crippen LogP contribution in [-0.4, -0.2) is 9.55 Å². The van der Waals surface area contributed by atoms with Crippen LogP contribution in [0.2, 0.25) is 0 Å². The number of aromatic nitrogens is 2. The van der Waals surface area contributed by atoms with E-state index in [4.69, 9.17) is 17.3 Å². The van der Waals surface area contributed by atoms with E-state index < -0.39 is 0 Å². The molecule has 0 amide bonds. The summed E-state index contributed by atoms with van der Waals surface area (Å²) in [5, 5.41) is 0. The molecule has 0 saturated carbocycles. The van der Waals surface area contributed by atoms with Crippen LogP contribution in [0, 0.1) is 0 Å². The third-order valence-corrected chi connectivity index (χ3v) is 2.03. The van der Waals surface area contributed by atoms with E-state index in [1.165, 1.54) is 0 Å². The maximum atomic E-state index is 5.68. The van der Waals surface area contributed by atoms with Gasteiger partial charge in [-0.05, 0) is 18.2 Å². The Morgan fingerprint density at radius 1 is 1.50 bits per heavy atom. The van der Waals surface area contributed by atoms with Crippen LogP contribution < -0.4 is 5.73 Å². The SMILES string of the molecule is Nc1ccc2c(c1)ncn2CCl. The molecule has 0 radical (unpaired) electrons. The summed E-state index contributed by atoms with van der Waals surface area (Å²) in [5.74, 6) is 0. The number of imidazole rings is 1. The van der Waals surface area contributed by atoms with E-state index in [0.29, 0.717) is 6.00 Å². The summed E-state index contributed by atoms with van der Waals surface area (Å²) in [6.45, 7) is 0. The molecule has 12 heavy (non-hydrogen) atoms. The van der Waals surface area contributed by atoms with Gasteiger partial charge in [-0.15, -0.1) is 11.6 Å². The lowest BCUT2D eigenvalue weighted by atomic mass is 10.3. The summed E-state index contributed by atoms with van der Waals surface area (Å²) >= 11 is 5.68. The Balaban J connectivity index is 2.73. The summed E-state index contributed by atoms with van der Waals surface area (Å²) in [4.78, 5) is 4.15. The highest BCUT2D eigenvalue weighted by Gasteiger charge is 2.00. The van der Waals surface area contributed by atoms with Crippen LogP contribution in [0.1, 0.15) is 0 Å². The summed E-state index contributed by atoms with van der Waals surface area (Å²) in [7, 11) is 0. The van der Waals surface area contributed by atoms with Crippen LogP contribution in [0.15, 0.2) is 24.5 Å². The molecule has 2 rings (SSSR count). The minimum Gasteiger partial charge on any atom is -0.399 e. The quantitative estimate of drug-likeness (QED) is 0.539. The van der Waals surface area contributed by atoms with Crippen LogP contribution in [-0.2, 0) is 6.00 Å². The van der Waals surface area contributed by atoms with Crippen molar-refractivity contribution in [2.45, 2.75) is 6.00 Å². The van der Waals surface area contributed by atoms with Crippen LogP contribution in [0.5, 0.6) is 0 Å². The summed E-state index contributed by atoms with van der Waals surface area (Å²) in [6.07, 6.45) is 1.71. The van der Waals surface area contributed by atoms with Gasteiger partial charge in [0, 0.05) is 5.69 Å². The number of halogens is 1. The molecule has 0 unspecified atom stereocenters. The highest BCUT2D eigenvalue weighted by atomic mass is 35.5. The third kappa shape index (κ3) is 1.02. The summed E-state index contributed by atoms with van der Waals surface area (Å²) in [5.41, 5.74) is 8.21. The number of anilines is 1. The van der Waals surface area contributed by atoms with Crippen molar-refractivity contribution in [2.75, 3.05) is 5.73 Å². The van der Waals surface area contributed by atoms with Crippen molar-refractivity contribution in [3.63, 3.8) is 0 Å². The molecular formula is C8H8ClN3. The van der Waals surface area contributed by atoms with Gasteiger partial charge in [0.1, 0.15) is 0 Å². The maximum absolute atomic E-state index is 5.68. The number of nitrogens with two attached hydrogens (primary N) is 1. The Labute approximate surface area is 74.8 Å². The lowest BCUT2D eigenvalue weighted by Gasteiger charge is -1.96. The molecule has 62 valence electrons. The first-order valence-electron chi connectivity index (χ1n) is 3.57. The van der Waals surface area contributed by atoms with Gasteiger partial charge < -0.3 is 10.3 Å². The van der Waals surface area contributed by atoms with Crippen LogP contribution in [0.4, 0.5) is 5.69 Å². The van der Waals surface area contributed by atoms with Crippen molar-refractivity contribution in [1.29, 1.82) is 0 Å². The molecule has 0 aliphatic heterocycles. The van der Waals surface area contributed by atoms with Crippen molar-refractivity contribution in [3.8, 4) is 0 Å². The van der Waals surface area contributed by atoms with E-state index in [1.54, 1.807) is 6.33 Å². The first kappa shape index (κ1) is 7.43. The van der Waals surface area contributed by atoms with Gasteiger partial charge in [0.15, 0.2) is 0 Å². The average molecular weight is 182 g/mol. The smallest absolute Gasteiger partial charge is 0.0986 e. The van der Waals surface area contributed by atoms with Crippen molar-refractivity contribution < 1.29 is 0 Å². The zero-order chi connectivity index (χ0) is 8.55. The fourth-order valence-electron chi connectivity index (χ4n) is 1.18. The molecule has 0 saturated heterocycles. The number of hydrogen-bond acceptors (Lipinski definition) is 2. The Hall–Kier alpha value is -1.22. The predicted octanol–water partition coefficient (Wildman–Crippen LogP) is 1.81. The largest absolute Gasteiger partial charge is 0.399 e. The lowest BCUT2D eigenvalue weighted by Crippen LogP contribution is -1.89. The zero-order valence-electron chi connectivity index (χ0n) is 6.37. The fraction of sp³-hybridized carbons (Fsp3) is 0.125. The number of nitrogens with zero attached hydrogens (tertiary/aromatic N) is 2. The second-order valence-electron chi connectivity index (χ2n) is 2.58. The standard InChI is InChI=1S/C8H8ClN3/c9-4-12-5-11-7-3-6(10)1-2-8(7)12/h1-3,5H,4,10H2. The lowest BCUT2D eigenvalue weighted by molar-refractivity contribution is 0.913.